The standard InChI is InChI=1S/C7H11N3S/c1-11-7-5(9)2-4(8)3-6(7)10/h2-3H,8-10H2,1H3. The van der Waals surface area contributed by atoms with Crippen molar-refractivity contribution in [2.45, 2.75) is 4.90 Å². The van der Waals surface area contributed by atoms with Crippen molar-refractivity contribution in [2.24, 2.45) is 0 Å². The average molecular weight is 169 g/mol. The Bertz CT molecular complexity index is 249. The number of hydrogen-bond acceptors (Lipinski definition) is 4. The van der Waals surface area contributed by atoms with Crippen LogP contribution in [0.1, 0.15) is 0 Å². The van der Waals surface area contributed by atoms with Crippen molar-refractivity contribution in [3.63, 3.8) is 0 Å². The summed E-state index contributed by atoms with van der Waals surface area (Å²) >= 11 is 1.53. The summed E-state index contributed by atoms with van der Waals surface area (Å²) in [4.78, 5) is 0.902. The summed E-state index contributed by atoms with van der Waals surface area (Å²) in [7, 11) is 0. The maximum Gasteiger partial charge on any atom is 0.0531 e. The summed E-state index contributed by atoms with van der Waals surface area (Å²) in [5.74, 6) is 0. The van der Waals surface area contributed by atoms with Gasteiger partial charge < -0.3 is 17.2 Å². The molecule has 0 radical (unpaired) electrons. The first-order chi connectivity index (χ1) is 5.15. The van der Waals surface area contributed by atoms with Crippen LogP contribution in [0.3, 0.4) is 0 Å². The molecule has 0 fully saturated rings. The number of thioether (sulfide) groups is 1. The summed E-state index contributed by atoms with van der Waals surface area (Å²) in [6.45, 7) is 0. The van der Waals surface area contributed by atoms with Crippen molar-refractivity contribution in [1.29, 1.82) is 0 Å². The quantitative estimate of drug-likeness (QED) is 0.435. The molecule has 1 aromatic carbocycles. The molecule has 6 N–H and O–H groups in total. The van der Waals surface area contributed by atoms with Gasteiger partial charge in [0.25, 0.3) is 0 Å². The Morgan fingerprint density at radius 2 is 1.55 bits per heavy atom. The summed E-state index contributed by atoms with van der Waals surface area (Å²) in [6, 6.07) is 3.42. The minimum absolute atomic E-state index is 0.609. The first-order valence-electron chi connectivity index (χ1n) is 3.13. The Balaban J connectivity index is 3.25. The SMILES string of the molecule is CSc1c(N)cc(N)cc1N. The van der Waals surface area contributed by atoms with Gasteiger partial charge in [0.2, 0.25) is 0 Å². The van der Waals surface area contributed by atoms with Crippen LogP contribution in [-0.2, 0) is 0 Å². The van der Waals surface area contributed by atoms with Gasteiger partial charge in [0.1, 0.15) is 0 Å². The van der Waals surface area contributed by atoms with Crippen LogP contribution >= 0.6 is 11.8 Å². The van der Waals surface area contributed by atoms with E-state index in [1.54, 1.807) is 12.1 Å². The fourth-order valence-electron chi connectivity index (χ4n) is 0.934. The lowest BCUT2D eigenvalue weighted by Gasteiger charge is -2.06. The molecule has 0 spiro atoms. The summed E-state index contributed by atoms with van der Waals surface area (Å²) in [5.41, 5.74) is 18.7. The van der Waals surface area contributed by atoms with Crippen LogP contribution in [-0.4, -0.2) is 6.26 Å². The van der Waals surface area contributed by atoms with E-state index in [-0.39, 0.29) is 0 Å². The second-order valence-corrected chi connectivity index (χ2v) is 3.05. The van der Waals surface area contributed by atoms with Gasteiger partial charge in [0.15, 0.2) is 0 Å². The lowest BCUT2D eigenvalue weighted by atomic mass is 10.2. The third kappa shape index (κ3) is 1.51. The van der Waals surface area contributed by atoms with Gasteiger partial charge in [-0.15, -0.1) is 11.8 Å². The molecule has 4 heteroatoms. The fraction of sp³-hybridized carbons (Fsp3) is 0.143. The van der Waals surface area contributed by atoms with Crippen LogP contribution < -0.4 is 17.2 Å². The van der Waals surface area contributed by atoms with E-state index in [4.69, 9.17) is 17.2 Å². The van der Waals surface area contributed by atoms with Crippen LogP contribution in [0.15, 0.2) is 17.0 Å². The van der Waals surface area contributed by atoms with Gasteiger partial charge in [-0.1, -0.05) is 0 Å². The number of nitrogen functional groups attached to an aromatic ring is 3. The predicted molar refractivity (Wildman–Crippen MR) is 51.5 cm³/mol. The van der Waals surface area contributed by atoms with E-state index in [9.17, 15) is 0 Å². The molecule has 1 rings (SSSR count). The van der Waals surface area contributed by atoms with Crippen molar-refractivity contribution in [2.75, 3.05) is 23.5 Å². The summed E-state index contributed by atoms with van der Waals surface area (Å²) in [5, 5.41) is 0. The predicted octanol–water partition coefficient (Wildman–Crippen LogP) is 1.16. The Hall–Kier alpha value is -1.03. The Labute approximate surface area is 69.9 Å². The van der Waals surface area contributed by atoms with E-state index in [0.717, 1.165) is 4.90 Å². The van der Waals surface area contributed by atoms with E-state index in [1.807, 2.05) is 6.26 Å². The maximum atomic E-state index is 5.65. The minimum Gasteiger partial charge on any atom is -0.399 e. The second kappa shape index (κ2) is 2.92. The van der Waals surface area contributed by atoms with Crippen molar-refractivity contribution >= 4 is 28.8 Å². The van der Waals surface area contributed by atoms with Gasteiger partial charge in [0.05, 0.1) is 4.90 Å². The molecule has 11 heavy (non-hydrogen) atoms. The second-order valence-electron chi connectivity index (χ2n) is 2.23. The molecule has 3 nitrogen and oxygen atoms in total. The Morgan fingerprint density at radius 3 is 1.91 bits per heavy atom. The molecule has 0 heterocycles. The molecule has 60 valence electrons. The highest BCUT2D eigenvalue weighted by Gasteiger charge is 2.02. The smallest absolute Gasteiger partial charge is 0.0531 e. The normalized spacial score (nSPS) is 9.91. The van der Waals surface area contributed by atoms with E-state index in [1.165, 1.54) is 11.8 Å². The van der Waals surface area contributed by atoms with Crippen LogP contribution in [0, 0.1) is 0 Å². The van der Waals surface area contributed by atoms with Crippen LogP contribution in [0.4, 0.5) is 17.1 Å². The molecular formula is C7H11N3S. The highest BCUT2D eigenvalue weighted by Crippen LogP contribution is 2.31. The monoisotopic (exact) mass is 169 g/mol. The lowest BCUT2D eigenvalue weighted by Crippen LogP contribution is -1.97. The molecule has 0 aromatic heterocycles. The molecule has 0 bridgehead atoms. The van der Waals surface area contributed by atoms with Crippen molar-refractivity contribution < 1.29 is 0 Å². The molecule has 0 atom stereocenters. The zero-order valence-electron chi connectivity index (χ0n) is 6.29. The zero-order valence-corrected chi connectivity index (χ0v) is 7.11. The Kier molecular flexibility index (Phi) is 2.14. The van der Waals surface area contributed by atoms with E-state index in [2.05, 4.69) is 0 Å². The van der Waals surface area contributed by atoms with Gasteiger partial charge in [-0.25, -0.2) is 0 Å². The first-order valence-corrected chi connectivity index (χ1v) is 4.36. The summed E-state index contributed by atoms with van der Waals surface area (Å²) in [6.07, 6.45) is 1.93. The number of hydrogen-bond donors (Lipinski definition) is 3. The number of nitrogens with two attached hydrogens (primary N) is 3. The maximum absolute atomic E-state index is 5.65. The van der Waals surface area contributed by atoms with E-state index >= 15 is 0 Å². The third-order valence-electron chi connectivity index (χ3n) is 1.37. The fourth-order valence-corrected chi connectivity index (χ4v) is 1.52. The highest BCUT2D eigenvalue weighted by molar-refractivity contribution is 7.99. The third-order valence-corrected chi connectivity index (χ3v) is 2.25. The summed E-state index contributed by atoms with van der Waals surface area (Å²) < 4.78 is 0. The van der Waals surface area contributed by atoms with Crippen LogP contribution in [0.25, 0.3) is 0 Å². The average Bonchev–Trinajstić information content (AvgIpc) is 1.85. The molecule has 0 aliphatic rings. The van der Waals surface area contributed by atoms with Crippen LogP contribution in [0.5, 0.6) is 0 Å². The molecule has 1 aromatic rings. The number of anilines is 3. The molecule has 0 saturated heterocycles. The van der Waals surface area contributed by atoms with Crippen LogP contribution in [0.2, 0.25) is 0 Å². The molecular weight excluding hydrogens is 158 g/mol. The Morgan fingerprint density at radius 1 is 1.09 bits per heavy atom. The first kappa shape index (κ1) is 8.07. The number of rotatable bonds is 1. The van der Waals surface area contributed by atoms with Gasteiger partial charge in [0, 0.05) is 17.1 Å². The minimum atomic E-state index is 0.609. The van der Waals surface area contributed by atoms with Gasteiger partial charge in [-0.2, -0.15) is 0 Å². The molecule has 0 amide bonds. The zero-order chi connectivity index (χ0) is 8.43. The molecule has 0 aliphatic carbocycles. The van der Waals surface area contributed by atoms with Gasteiger partial charge in [-0.05, 0) is 18.4 Å². The molecule has 0 unspecified atom stereocenters. The van der Waals surface area contributed by atoms with Gasteiger partial charge in [-0.3, -0.25) is 0 Å². The van der Waals surface area contributed by atoms with E-state index in [0.29, 0.717) is 17.1 Å². The lowest BCUT2D eigenvalue weighted by molar-refractivity contribution is 1.46. The molecule has 0 saturated carbocycles. The molecule has 0 aliphatic heterocycles. The number of benzene rings is 1. The largest absolute Gasteiger partial charge is 0.399 e. The van der Waals surface area contributed by atoms with E-state index < -0.39 is 0 Å². The topological polar surface area (TPSA) is 78.1 Å². The highest BCUT2D eigenvalue weighted by atomic mass is 32.2. The van der Waals surface area contributed by atoms with Crippen molar-refractivity contribution in [1.82, 2.24) is 0 Å². The van der Waals surface area contributed by atoms with Crippen molar-refractivity contribution in [3.05, 3.63) is 12.1 Å². The van der Waals surface area contributed by atoms with Gasteiger partial charge >= 0.3 is 0 Å². The van der Waals surface area contributed by atoms with Crippen molar-refractivity contribution in [3.8, 4) is 0 Å².